The lowest BCUT2D eigenvalue weighted by atomic mass is 9.84. The van der Waals surface area contributed by atoms with Crippen LogP contribution in [0.1, 0.15) is 58.4 Å². The molecule has 32 heavy (non-hydrogen) atoms. The summed E-state index contributed by atoms with van der Waals surface area (Å²) >= 11 is 6.12. The number of carbonyl (C=O) groups excluding carboxylic acids is 3. The Labute approximate surface area is 193 Å². The minimum Gasteiger partial charge on any atom is -0.355 e. The number of hydrogen-bond acceptors (Lipinski definition) is 3. The molecule has 7 heteroatoms. The van der Waals surface area contributed by atoms with Gasteiger partial charge in [-0.05, 0) is 74.1 Å². The van der Waals surface area contributed by atoms with Gasteiger partial charge in [-0.2, -0.15) is 0 Å². The van der Waals surface area contributed by atoms with Gasteiger partial charge in [-0.3, -0.25) is 14.4 Å². The van der Waals surface area contributed by atoms with E-state index in [4.69, 9.17) is 11.6 Å². The molecule has 4 rings (SSSR count). The summed E-state index contributed by atoms with van der Waals surface area (Å²) in [7, 11) is 1.58. The quantitative estimate of drug-likeness (QED) is 0.719. The van der Waals surface area contributed by atoms with E-state index in [-0.39, 0.29) is 23.8 Å². The standard InChI is InChI=1S/C25H28ClN3O3/c1-15-12-17(23(30)27-2)10-11-20(15)28-24(31)22-14-16-6-3-4-9-21(16)29(22)25(32)18-7-5-8-19(26)13-18/h5,7-8,10-13,16,21-22H,3-4,6,9,14H2,1-2H3,(H,27,30)(H,28,31). The molecule has 2 aromatic carbocycles. The Kier molecular flexibility index (Phi) is 6.51. The second kappa shape index (κ2) is 9.33. The molecule has 1 saturated heterocycles. The maximum atomic E-state index is 13.5. The first-order valence-electron chi connectivity index (χ1n) is 11.1. The molecule has 3 atom stereocenters. The summed E-state index contributed by atoms with van der Waals surface area (Å²) in [6.07, 6.45) is 4.82. The molecule has 1 aliphatic carbocycles. The predicted octanol–water partition coefficient (Wildman–Crippen LogP) is 4.42. The number of anilines is 1. The van der Waals surface area contributed by atoms with E-state index >= 15 is 0 Å². The second-order valence-electron chi connectivity index (χ2n) is 8.68. The molecule has 1 aliphatic heterocycles. The van der Waals surface area contributed by atoms with Crippen molar-refractivity contribution in [2.24, 2.45) is 5.92 Å². The van der Waals surface area contributed by atoms with Crippen LogP contribution in [0.25, 0.3) is 0 Å². The van der Waals surface area contributed by atoms with E-state index in [0.29, 0.717) is 34.2 Å². The SMILES string of the molecule is CNC(=O)c1ccc(NC(=O)C2CC3CCCCC3N2C(=O)c2cccc(Cl)c2)c(C)c1. The lowest BCUT2D eigenvalue weighted by Crippen LogP contribution is -2.47. The normalized spacial score (nSPS) is 22.2. The van der Waals surface area contributed by atoms with Gasteiger partial charge in [0, 0.05) is 34.9 Å². The molecule has 1 saturated carbocycles. The molecule has 3 amide bonds. The number of likely N-dealkylation sites (tertiary alicyclic amines) is 1. The van der Waals surface area contributed by atoms with E-state index in [0.717, 1.165) is 31.2 Å². The smallest absolute Gasteiger partial charge is 0.254 e. The Bertz CT molecular complexity index is 1050. The number of rotatable bonds is 4. The number of halogens is 1. The van der Waals surface area contributed by atoms with Crippen LogP contribution in [-0.2, 0) is 4.79 Å². The van der Waals surface area contributed by atoms with Crippen LogP contribution in [0.3, 0.4) is 0 Å². The highest BCUT2D eigenvalue weighted by Gasteiger charge is 2.47. The molecule has 0 aromatic heterocycles. The summed E-state index contributed by atoms with van der Waals surface area (Å²) < 4.78 is 0. The fraction of sp³-hybridized carbons (Fsp3) is 0.400. The third-order valence-electron chi connectivity index (χ3n) is 6.67. The molecular formula is C25H28ClN3O3. The molecule has 0 radical (unpaired) electrons. The van der Waals surface area contributed by atoms with Crippen molar-refractivity contribution >= 4 is 35.0 Å². The molecule has 2 aliphatic rings. The molecule has 3 unspecified atom stereocenters. The number of hydrogen-bond donors (Lipinski definition) is 2. The lowest BCUT2D eigenvalue weighted by Gasteiger charge is -2.33. The van der Waals surface area contributed by atoms with Crippen LogP contribution in [-0.4, -0.2) is 41.8 Å². The molecule has 2 fully saturated rings. The fourth-order valence-corrected chi connectivity index (χ4v) is 5.25. The zero-order valence-electron chi connectivity index (χ0n) is 18.4. The number of benzene rings is 2. The highest BCUT2D eigenvalue weighted by atomic mass is 35.5. The first-order valence-corrected chi connectivity index (χ1v) is 11.5. The largest absolute Gasteiger partial charge is 0.355 e. The van der Waals surface area contributed by atoms with Crippen molar-refractivity contribution in [3.63, 3.8) is 0 Å². The second-order valence-corrected chi connectivity index (χ2v) is 9.12. The molecule has 0 bridgehead atoms. The predicted molar refractivity (Wildman–Crippen MR) is 125 cm³/mol. The first-order chi connectivity index (χ1) is 15.4. The summed E-state index contributed by atoms with van der Waals surface area (Å²) in [6.45, 7) is 1.85. The van der Waals surface area contributed by atoms with Crippen LogP contribution in [0.15, 0.2) is 42.5 Å². The summed E-state index contributed by atoms with van der Waals surface area (Å²) in [5.41, 5.74) is 2.48. The van der Waals surface area contributed by atoms with Gasteiger partial charge in [-0.1, -0.05) is 30.5 Å². The van der Waals surface area contributed by atoms with Gasteiger partial charge < -0.3 is 15.5 Å². The molecule has 0 spiro atoms. The average Bonchev–Trinajstić information content (AvgIpc) is 3.19. The Balaban J connectivity index is 1.59. The van der Waals surface area contributed by atoms with Crippen LogP contribution in [0.2, 0.25) is 5.02 Å². The monoisotopic (exact) mass is 453 g/mol. The van der Waals surface area contributed by atoms with Gasteiger partial charge in [0.25, 0.3) is 11.8 Å². The number of fused-ring (bicyclic) bond motifs is 1. The van der Waals surface area contributed by atoms with Gasteiger partial charge in [-0.25, -0.2) is 0 Å². The Morgan fingerprint density at radius 2 is 1.81 bits per heavy atom. The van der Waals surface area contributed by atoms with Gasteiger partial charge in [0.15, 0.2) is 0 Å². The molecule has 2 N–H and O–H groups in total. The van der Waals surface area contributed by atoms with Crippen LogP contribution in [0.4, 0.5) is 5.69 Å². The minimum atomic E-state index is -0.535. The van der Waals surface area contributed by atoms with Gasteiger partial charge in [-0.15, -0.1) is 0 Å². The summed E-state index contributed by atoms with van der Waals surface area (Å²) in [6, 6.07) is 11.6. The Morgan fingerprint density at radius 1 is 1.03 bits per heavy atom. The van der Waals surface area contributed by atoms with Crippen molar-refractivity contribution < 1.29 is 14.4 Å². The van der Waals surface area contributed by atoms with Crippen molar-refractivity contribution in [2.45, 2.75) is 51.1 Å². The van der Waals surface area contributed by atoms with E-state index < -0.39 is 6.04 Å². The zero-order chi connectivity index (χ0) is 22.8. The van der Waals surface area contributed by atoms with E-state index in [1.54, 1.807) is 54.4 Å². The topological polar surface area (TPSA) is 78.5 Å². The number of carbonyl (C=O) groups is 3. The fourth-order valence-electron chi connectivity index (χ4n) is 5.06. The molecule has 1 heterocycles. The van der Waals surface area contributed by atoms with E-state index in [9.17, 15) is 14.4 Å². The Hall–Kier alpha value is -2.86. The molecular weight excluding hydrogens is 426 g/mol. The van der Waals surface area contributed by atoms with E-state index in [1.807, 2.05) is 6.92 Å². The lowest BCUT2D eigenvalue weighted by molar-refractivity contribution is -0.120. The first kappa shape index (κ1) is 22.3. The zero-order valence-corrected chi connectivity index (χ0v) is 19.1. The van der Waals surface area contributed by atoms with Gasteiger partial charge in [0.05, 0.1) is 0 Å². The van der Waals surface area contributed by atoms with Crippen molar-refractivity contribution in [1.29, 1.82) is 0 Å². The minimum absolute atomic E-state index is 0.0719. The number of amides is 3. The van der Waals surface area contributed by atoms with Crippen LogP contribution >= 0.6 is 11.6 Å². The van der Waals surface area contributed by atoms with E-state index in [1.165, 1.54) is 0 Å². The maximum absolute atomic E-state index is 13.5. The molecule has 6 nitrogen and oxygen atoms in total. The highest BCUT2D eigenvalue weighted by Crippen LogP contribution is 2.41. The van der Waals surface area contributed by atoms with Crippen molar-refractivity contribution in [2.75, 3.05) is 12.4 Å². The van der Waals surface area contributed by atoms with Crippen LogP contribution < -0.4 is 10.6 Å². The van der Waals surface area contributed by atoms with Crippen molar-refractivity contribution in [3.05, 3.63) is 64.2 Å². The number of nitrogens with one attached hydrogen (secondary N) is 2. The molecule has 2 aromatic rings. The Morgan fingerprint density at radius 3 is 2.53 bits per heavy atom. The maximum Gasteiger partial charge on any atom is 0.254 e. The van der Waals surface area contributed by atoms with Crippen molar-refractivity contribution in [3.8, 4) is 0 Å². The number of aryl methyl sites for hydroxylation is 1. The van der Waals surface area contributed by atoms with Crippen molar-refractivity contribution in [1.82, 2.24) is 10.2 Å². The average molecular weight is 454 g/mol. The number of nitrogens with zero attached hydrogens (tertiary/aromatic N) is 1. The van der Waals surface area contributed by atoms with Gasteiger partial charge in [0.2, 0.25) is 5.91 Å². The highest BCUT2D eigenvalue weighted by molar-refractivity contribution is 6.31. The van der Waals surface area contributed by atoms with E-state index in [2.05, 4.69) is 10.6 Å². The third-order valence-corrected chi connectivity index (χ3v) is 6.91. The van der Waals surface area contributed by atoms with Crippen LogP contribution in [0.5, 0.6) is 0 Å². The van der Waals surface area contributed by atoms with Gasteiger partial charge >= 0.3 is 0 Å². The summed E-state index contributed by atoms with van der Waals surface area (Å²) in [5, 5.41) is 6.11. The molecule has 168 valence electrons. The third kappa shape index (κ3) is 4.37. The van der Waals surface area contributed by atoms with Gasteiger partial charge in [0.1, 0.15) is 6.04 Å². The summed E-state index contributed by atoms with van der Waals surface area (Å²) in [4.78, 5) is 40.5. The van der Waals surface area contributed by atoms with Crippen LogP contribution in [0, 0.1) is 12.8 Å². The summed E-state index contributed by atoms with van der Waals surface area (Å²) in [5.74, 6) is -0.178.